The van der Waals surface area contributed by atoms with E-state index in [1.165, 1.54) is 70.6 Å². The molecular weight excluding hydrogens is 348 g/mol. The smallest absolute Gasteiger partial charge is 0.0357 e. The van der Waals surface area contributed by atoms with Crippen molar-refractivity contribution < 1.29 is 0 Å². The molecule has 0 aromatic rings. The van der Waals surface area contributed by atoms with Crippen LogP contribution in [-0.2, 0) is 0 Å². The molecule has 2 fully saturated rings. The standard InChI is InChI=1S/C29H56/c1-6-8-13-24(5)20-26-17-19-29(27(22-26)15-9-7-2)28-18-16-25(21-28)14-11-10-12-23(3)4/h23-29H,6-22H2,1-5H3. The van der Waals surface area contributed by atoms with Crippen LogP contribution in [0.5, 0.6) is 0 Å². The topological polar surface area (TPSA) is 0 Å². The van der Waals surface area contributed by atoms with Gasteiger partial charge in [-0.05, 0) is 73.5 Å². The van der Waals surface area contributed by atoms with E-state index in [9.17, 15) is 0 Å². The van der Waals surface area contributed by atoms with Gasteiger partial charge in [0.25, 0.3) is 0 Å². The summed E-state index contributed by atoms with van der Waals surface area (Å²) in [6.45, 7) is 12.0. The SMILES string of the molecule is CCCCC(C)CC1CCC(C2CCC(CCCCC(C)C)C2)C(CCCC)C1. The maximum Gasteiger partial charge on any atom is -0.0357 e. The highest BCUT2D eigenvalue weighted by Crippen LogP contribution is 2.49. The summed E-state index contributed by atoms with van der Waals surface area (Å²) >= 11 is 0. The van der Waals surface area contributed by atoms with E-state index < -0.39 is 0 Å². The summed E-state index contributed by atoms with van der Waals surface area (Å²) in [6.07, 6.45) is 25.6. The first-order chi connectivity index (χ1) is 14.0. The van der Waals surface area contributed by atoms with E-state index in [4.69, 9.17) is 0 Å². The molecule has 29 heavy (non-hydrogen) atoms. The van der Waals surface area contributed by atoms with Crippen molar-refractivity contribution in [1.29, 1.82) is 0 Å². The minimum Gasteiger partial charge on any atom is -0.0654 e. The Morgan fingerprint density at radius 3 is 2.17 bits per heavy atom. The third-order valence-corrected chi connectivity index (χ3v) is 8.70. The van der Waals surface area contributed by atoms with Crippen LogP contribution in [-0.4, -0.2) is 0 Å². The fourth-order valence-electron chi connectivity index (χ4n) is 7.01. The molecule has 0 heteroatoms. The fraction of sp³-hybridized carbons (Fsp3) is 1.00. The van der Waals surface area contributed by atoms with E-state index in [0.29, 0.717) is 0 Å². The average Bonchev–Trinajstić information content (AvgIpc) is 3.16. The number of hydrogen-bond donors (Lipinski definition) is 0. The Morgan fingerprint density at radius 1 is 0.690 bits per heavy atom. The minimum atomic E-state index is 0.894. The fourth-order valence-corrected chi connectivity index (χ4v) is 7.01. The van der Waals surface area contributed by atoms with Gasteiger partial charge < -0.3 is 0 Å². The molecule has 0 saturated heterocycles. The monoisotopic (exact) mass is 404 g/mol. The quantitative estimate of drug-likeness (QED) is 0.252. The summed E-state index contributed by atoms with van der Waals surface area (Å²) in [5.74, 6) is 7.22. The highest BCUT2D eigenvalue weighted by Gasteiger charge is 2.38. The minimum absolute atomic E-state index is 0.894. The summed E-state index contributed by atoms with van der Waals surface area (Å²) in [4.78, 5) is 0. The lowest BCUT2D eigenvalue weighted by Gasteiger charge is -2.40. The van der Waals surface area contributed by atoms with E-state index in [1.807, 2.05) is 0 Å². The van der Waals surface area contributed by atoms with Crippen LogP contribution in [0.4, 0.5) is 0 Å². The molecule has 0 amide bonds. The van der Waals surface area contributed by atoms with Gasteiger partial charge in [-0.15, -0.1) is 0 Å². The van der Waals surface area contributed by atoms with Gasteiger partial charge in [0.05, 0.1) is 0 Å². The Labute approximate surface area is 185 Å². The van der Waals surface area contributed by atoms with Crippen LogP contribution in [0.25, 0.3) is 0 Å². The second-order valence-electron chi connectivity index (χ2n) is 11.8. The van der Waals surface area contributed by atoms with Crippen LogP contribution in [0, 0.1) is 41.4 Å². The molecule has 2 rings (SSSR count). The van der Waals surface area contributed by atoms with Gasteiger partial charge in [0.1, 0.15) is 0 Å². The number of unbranched alkanes of at least 4 members (excludes halogenated alkanes) is 3. The lowest BCUT2D eigenvalue weighted by Crippen LogP contribution is -2.30. The predicted octanol–water partition coefficient (Wildman–Crippen LogP) is 10.1. The van der Waals surface area contributed by atoms with Crippen molar-refractivity contribution in [1.82, 2.24) is 0 Å². The Kier molecular flexibility index (Phi) is 12.3. The molecule has 2 aliphatic rings. The van der Waals surface area contributed by atoms with Crippen LogP contribution in [0.3, 0.4) is 0 Å². The van der Waals surface area contributed by atoms with Crippen molar-refractivity contribution in [2.45, 2.75) is 144 Å². The Morgan fingerprint density at radius 2 is 1.45 bits per heavy atom. The highest BCUT2D eigenvalue weighted by molar-refractivity contribution is 4.89. The first-order valence-electron chi connectivity index (χ1n) is 14.0. The van der Waals surface area contributed by atoms with Crippen molar-refractivity contribution in [2.75, 3.05) is 0 Å². The Balaban J connectivity index is 1.79. The Bertz CT molecular complexity index is 397. The van der Waals surface area contributed by atoms with E-state index >= 15 is 0 Å². The highest BCUT2D eigenvalue weighted by atomic mass is 14.4. The molecule has 2 aliphatic carbocycles. The second-order valence-corrected chi connectivity index (χ2v) is 11.8. The molecule has 0 radical (unpaired) electrons. The molecule has 0 heterocycles. The summed E-state index contributed by atoms with van der Waals surface area (Å²) < 4.78 is 0. The molecule has 6 unspecified atom stereocenters. The van der Waals surface area contributed by atoms with Crippen molar-refractivity contribution in [3.8, 4) is 0 Å². The van der Waals surface area contributed by atoms with Crippen LogP contribution < -0.4 is 0 Å². The maximum absolute atomic E-state index is 2.53. The summed E-state index contributed by atoms with van der Waals surface area (Å²) in [5, 5.41) is 0. The summed E-state index contributed by atoms with van der Waals surface area (Å²) in [6, 6.07) is 0. The van der Waals surface area contributed by atoms with E-state index in [1.54, 1.807) is 38.5 Å². The molecule has 0 spiro atoms. The Hall–Kier alpha value is 0. The molecule has 0 aromatic carbocycles. The van der Waals surface area contributed by atoms with Gasteiger partial charge in [0.2, 0.25) is 0 Å². The van der Waals surface area contributed by atoms with Gasteiger partial charge in [-0.3, -0.25) is 0 Å². The molecule has 2 saturated carbocycles. The van der Waals surface area contributed by atoms with E-state index in [2.05, 4.69) is 34.6 Å². The molecule has 172 valence electrons. The molecule has 0 nitrogen and oxygen atoms in total. The second kappa shape index (κ2) is 14.1. The molecule has 0 aliphatic heterocycles. The van der Waals surface area contributed by atoms with Crippen LogP contribution in [0.15, 0.2) is 0 Å². The van der Waals surface area contributed by atoms with Crippen molar-refractivity contribution in [3.63, 3.8) is 0 Å². The van der Waals surface area contributed by atoms with E-state index in [-0.39, 0.29) is 0 Å². The lowest BCUT2D eigenvalue weighted by atomic mass is 9.65. The van der Waals surface area contributed by atoms with Gasteiger partial charge in [0, 0.05) is 0 Å². The number of hydrogen-bond acceptors (Lipinski definition) is 0. The van der Waals surface area contributed by atoms with Gasteiger partial charge in [0.15, 0.2) is 0 Å². The molecule has 6 atom stereocenters. The number of rotatable bonds is 14. The van der Waals surface area contributed by atoms with Crippen molar-refractivity contribution in [2.24, 2.45) is 41.4 Å². The third kappa shape index (κ3) is 9.35. The van der Waals surface area contributed by atoms with Crippen LogP contribution in [0.2, 0.25) is 0 Å². The average molecular weight is 405 g/mol. The van der Waals surface area contributed by atoms with Gasteiger partial charge in [-0.1, -0.05) is 112 Å². The van der Waals surface area contributed by atoms with Crippen LogP contribution in [0.1, 0.15) is 144 Å². The first kappa shape index (κ1) is 25.3. The van der Waals surface area contributed by atoms with Crippen molar-refractivity contribution in [3.05, 3.63) is 0 Å². The van der Waals surface area contributed by atoms with E-state index in [0.717, 1.165) is 41.4 Å². The normalized spacial score (nSPS) is 31.4. The van der Waals surface area contributed by atoms with Crippen LogP contribution >= 0.6 is 0 Å². The first-order valence-corrected chi connectivity index (χ1v) is 14.0. The zero-order valence-electron chi connectivity index (χ0n) is 21.1. The molecular formula is C29H56. The third-order valence-electron chi connectivity index (χ3n) is 8.70. The molecule has 0 aromatic heterocycles. The zero-order chi connectivity index (χ0) is 21.1. The molecule has 0 N–H and O–H groups in total. The van der Waals surface area contributed by atoms with Gasteiger partial charge in [-0.25, -0.2) is 0 Å². The summed E-state index contributed by atoms with van der Waals surface area (Å²) in [5.41, 5.74) is 0. The zero-order valence-corrected chi connectivity index (χ0v) is 21.1. The molecule has 0 bridgehead atoms. The lowest BCUT2D eigenvalue weighted by molar-refractivity contribution is 0.101. The van der Waals surface area contributed by atoms with Crippen molar-refractivity contribution >= 4 is 0 Å². The van der Waals surface area contributed by atoms with Gasteiger partial charge >= 0.3 is 0 Å². The van der Waals surface area contributed by atoms with Gasteiger partial charge in [-0.2, -0.15) is 0 Å². The predicted molar refractivity (Wildman–Crippen MR) is 131 cm³/mol. The summed E-state index contributed by atoms with van der Waals surface area (Å²) in [7, 11) is 0. The largest absolute Gasteiger partial charge is 0.0654 e. The maximum atomic E-state index is 2.53.